The zero-order valence-electron chi connectivity index (χ0n) is 14.9. The number of carbonyl (C=O) groups is 3. The Morgan fingerprint density at radius 2 is 1.52 bits per heavy atom. The zero-order valence-corrected chi connectivity index (χ0v) is 14.9. The Hall–Kier alpha value is -3.29. The van der Waals surface area contributed by atoms with Gasteiger partial charge in [0.1, 0.15) is 11.6 Å². The fourth-order valence-electron chi connectivity index (χ4n) is 2.42. The summed E-state index contributed by atoms with van der Waals surface area (Å²) in [5.41, 5.74) is 1.02. The summed E-state index contributed by atoms with van der Waals surface area (Å²) in [4.78, 5) is 35.9. The first-order valence-corrected chi connectivity index (χ1v) is 8.17. The first kappa shape index (κ1) is 20.0. The summed E-state index contributed by atoms with van der Waals surface area (Å²) in [7, 11) is 0. The predicted molar refractivity (Wildman–Crippen MR) is 98.4 cm³/mol. The molecule has 3 amide bonds. The van der Waals surface area contributed by atoms with Crippen LogP contribution < -0.4 is 15.5 Å². The molecule has 0 atom stereocenters. The highest BCUT2D eigenvalue weighted by atomic mass is 19.1. The molecule has 0 aliphatic rings. The van der Waals surface area contributed by atoms with E-state index in [4.69, 9.17) is 0 Å². The second kappa shape index (κ2) is 8.88. The molecule has 27 heavy (non-hydrogen) atoms. The molecule has 2 aromatic rings. The average Bonchev–Trinajstić information content (AvgIpc) is 2.57. The van der Waals surface area contributed by atoms with Crippen molar-refractivity contribution in [3.8, 4) is 0 Å². The van der Waals surface area contributed by atoms with Gasteiger partial charge in [-0.15, -0.1) is 0 Å². The van der Waals surface area contributed by atoms with Crippen LogP contribution >= 0.6 is 0 Å². The molecule has 8 heteroatoms. The molecule has 0 unspecified atom stereocenters. The lowest BCUT2D eigenvalue weighted by molar-refractivity contribution is -0.117. The topological polar surface area (TPSA) is 78.5 Å². The van der Waals surface area contributed by atoms with Crippen LogP contribution in [-0.2, 0) is 14.4 Å². The van der Waals surface area contributed by atoms with E-state index in [1.165, 1.54) is 13.8 Å². The van der Waals surface area contributed by atoms with Crippen LogP contribution in [-0.4, -0.2) is 24.3 Å². The van der Waals surface area contributed by atoms with Crippen LogP contribution in [0.25, 0.3) is 0 Å². The second-order valence-corrected chi connectivity index (χ2v) is 5.82. The van der Waals surface area contributed by atoms with E-state index in [0.29, 0.717) is 17.4 Å². The molecular formula is C19H19F2N3O3. The molecular weight excluding hydrogens is 356 g/mol. The van der Waals surface area contributed by atoms with Gasteiger partial charge < -0.3 is 15.5 Å². The fraction of sp³-hybridized carbons (Fsp3) is 0.211. The van der Waals surface area contributed by atoms with Gasteiger partial charge in [-0.2, -0.15) is 0 Å². The Morgan fingerprint density at radius 1 is 0.926 bits per heavy atom. The highest BCUT2D eigenvalue weighted by Gasteiger charge is 2.17. The predicted octanol–water partition coefficient (Wildman–Crippen LogP) is 3.30. The van der Waals surface area contributed by atoms with E-state index in [2.05, 4.69) is 10.6 Å². The number of halogens is 2. The number of carbonyl (C=O) groups excluding carboxylic acids is 3. The quantitative estimate of drug-likeness (QED) is 0.813. The van der Waals surface area contributed by atoms with E-state index in [1.54, 1.807) is 24.3 Å². The highest BCUT2D eigenvalue weighted by Crippen LogP contribution is 2.21. The number of benzene rings is 2. The van der Waals surface area contributed by atoms with Crippen molar-refractivity contribution in [2.75, 3.05) is 22.1 Å². The van der Waals surface area contributed by atoms with Gasteiger partial charge in [0.05, 0.1) is 5.69 Å². The molecule has 0 aliphatic heterocycles. The Kier molecular flexibility index (Phi) is 6.59. The van der Waals surface area contributed by atoms with Crippen molar-refractivity contribution < 1.29 is 23.2 Å². The highest BCUT2D eigenvalue weighted by molar-refractivity contribution is 5.95. The molecule has 0 fully saturated rings. The van der Waals surface area contributed by atoms with Crippen LogP contribution in [0.1, 0.15) is 20.3 Å². The standard InChI is InChI=1S/C19H19F2N3O3/c1-12(25)22-15-4-6-16(7-5-15)23-19(27)9-10-24(13(2)26)18-8-3-14(20)11-17(18)21/h3-8,11H,9-10H2,1-2H3,(H,22,25)(H,23,27). The van der Waals surface area contributed by atoms with Crippen LogP contribution in [0.3, 0.4) is 0 Å². The van der Waals surface area contributed by atoms with Gasteiger partial charge in [0.25, 0.3) is 0 Å². The average molecular weight is 375 g/mol. The Labute approximate surface area is 155 Å². The summed E-state index contributed by atoms with van der Waals surface area (Å²) in [5, 5.41) is 5.26. The molecule has 0 saturated carbocycles. The first-order valence-electron chi connectivity index (χ1n) is 8.17. The minimum absolute atomic E-state index is 0.0618. The molecule has 0 aromatic heterocycles. The first-order chi connectivity index (χ1) is 12.8. The SMILES string of the molecule is CC(=O)Nc1ccc(NC(=O)CCN(C(C)=O)c2ccc(F)cc2F)cc1. The molecule has 0 heterocycles. The number of hydrogen-bond donors (Lipinski definition) is 2. The van der Waals surface area contributed by atoms with Crippen molar-refractivity contribution in [1.29, 1.82) is 0 Å². The van der Waals surface area contributed by atoms with Gasteiger partial charge in [-0.05, 0) is 36.4 Å². The molecule has 0 bridgehead atoms. The summed E-state index contributed by atoms with van der Waals surface area (Å²) >= 11 is 0. The Morgan fingerprint density at radius 3 is 2.04 bits per heavy atom. The van der Waals surface area contributed by atoms with E-state index >= 15 is 0 Å². The number of rotatable bonds is 6. The lowest BCUT2D eigenvalue weighted by Gasteiger charge is -2.21. The Bertz CT molecular complexity index is 854. The number of anilines is 3. The minimum atomic E-state index is -0.876. The van der Waals surface area contributed by atoms with E-state index in [-0.39, 0.29) is 30.5 Å². The van der Waals surface area contributed by atoms with Crippen LogP contribution in [0.4, 0.5) is 25.8 Å². The smallest absolute Gasteiger partial charge is 0.226 e. The largest absolute Gasteiger partial charge is 0.326 e. The van der Waals surface area contributed by atoms with Crippen molar-refractivity contribution in [1.82, 2.24) is 0 Å². The molecule has 2 rings (SSSR count). The third kappa shape index (κ3) is 5.88. The maximum absolute atomic E-state index is 13.9. The lowest BCUT2D eigenvalue weighted by atomic mass is 10.2. The molecule has 0 saturated heterocycles. The van der Waals surface area contributed by atoms with E-state index < -0.39 is 17.5 Å². The summed E-state index contributed by atoms with van der Waals surface area (Å²) in [6.07, 6.45) is -0.0795. The summed E-state index contributed by atoms with van der Waals surface area (Å²) in [5.74, 6) is -2.67. The van der Waals surface area contributed by atoms with Gasteiger partial charge in [-0.1, -0.05) is 0 Å². The minimum Gasteiger partial charge on any atom is -0.326 e. The molecule has 142 valence electrons. The van der Waals surface area contributed by atoms with Gasteiger partial charge >= 0.3 is 0 Å². The van der Waals surface area contributed by atoms with Gasteiger partial charge in [-0.25, -0.2) is 8.78 Å². The van der Waals surface area contributed by atoms with Gasteiger partial charge in [0, 0.05) is 44.3 Å². The maximum atomic E-state index is 13.9. The summed E-state index contributed by atoms with van der Waals surface area (Å²) in [6, 6.07) is 9.38. The number of hydrogen-bond acceptors (Lipinski definition) is 3. The molecule has 2 N–H and O–H groups in total. The zero-order chi connectivity index (χ0) is 20.0. The summed E-state index contributed by atoms with van der Waals surface area (Å²) in [6.45, 7) is 2.57. The van der Waals surface area contributed by atoms with E-state index in [9.17, 15) is 23.2 Å². The third-order valence-electron chi connectivity index (χ3n) is 3.63. The molecule has 2 aromatic carbocycles. The van der Waals surface area contributed by atoms with Crippen molar-refractivity contribution in [3.05, 3.63) is 54.1 Å². The molecule has 0 aliphatic carbocycles. The van der Waals surface area contributed by atoms with Gasteiger partial charge in [0.2, 0.25) is 17.7 Å². The van der Waals surface area contributed by atoms with Gasteiger partial charge in [0.15, 0.2) is 0 Å². The molecule has 6 nitrogen and oxygen atoms in total. The third-order valence-corrected chi connectivity index (χ3v) is 3.63. The van der Waals surface area contributed by atoms with Crippen molar-refractivity contribution >= 4 is 34.8 Å². The van der Waals surface area contributed by atoms with Gasteiger partial charge in [-0.3, -0.25) is 14.4 Å². The van der Waals surface area contributed by atoms with Crippen molar-refractivity contribution in [3.63, 3.8) is 0 Å². The van der Waals surface area contributed by atoms with Crippen molar-refractivity contribution in [2.24, 2.45) is 0 Å². The van der Waals surface area contributed by atoms with Crippen LogP contribution in [0.5, 0.6) is 0 Å². The number of nitrogens with zero attached hydrogens (tertiary/aromatic N) is 1. The maximum Gasteiger partial charge on any atom is 0.226 e. The Balaban J connectivity index is 1.97. The lowest BCUT2D eigenvalue weighted by Crippen LogP contribution is -2.32. The van der Waals surface area contributed by atoms with Crippen LogP contribution in [0.2, 0.25) is 0 Å². The number of amides is 3. The van der Waals surface area contributed by atoms with E-state index in [0.717, 1.165) is 17.0 Å². The summed E-state index contributed by atoms with van der Waals surface area (Å²) < 4.78 is 26.9. The monoisotopic (exact) mass is 375 g/mol. The van der Waals surface area contributed by atoms with Crippen LogP contribution in [0.15, 0.2) is 42.5 Å². The van der Waals surface area contributed by atoms with Crippen LogP contribution in [0, 0.1) is 11.6 Å². The van der Waals surface area contributed by atoms with Crippen molar-refractivity contribution in [2.45, 2.75) is 20.3 Å². The second-order valence-electron chi connectivity index (χ2n) is 5.82. The van der Waals surface area contributed by atoms with E-state index in [1.807, 2.05) is 0 Å². The normalized spacial score (nSPS) is 10.2. The molecule has 0 spiro atoms. The molecule has 0 radical (unpaired) electrons. The number of nitrogens with one attached hydrogen (secondary N) is 2. The fourth-order valence-corrected chi connectivity index (χ4v) is 2.42.